The zero-order chi connectivity index (χ0) is 15.4. The molecular weight excluding hydrogens is 268 g/mol. The lowest BCUT2D eigenvalue weighted by Crippen LogP contribution is -2.01. The highest BCUT2D eigenvalue weighted by atomic mass is 16.3. The predicted molar refractivity (Wildman–Crippen MR) is 93.5 cm³/mol. The van der Waals surface area contributed by atoms with E-state index in [4.69, 9.17) is 0 Å². The van der Waals surface area contributed by atoms with Crippen LogP contribution in [0.1, 0.15) is 48.1 Å². The Labute approximate surface area is 132 Å². The van der Waals surface area contributed by atoms with Gasteiger partial charge in [-0.2, -0.15) is 0 Å². The van der Waals surface area contributed by atoms with Crippen molar-refractivity contribution in [2.24, 2.45) is 0 Å². The summed E-state index contributed by atoms with van der Waals surface area (Å²) >= 11 is 0. The minimum atomic E-state index is -0.436. The molecule has 0 amide bonds. The van der Waals surface area contributed by atoms with Crippen LogP contribution in [0.4, 0.5) is 0 Å². The van der Waals surface area contributed by atoms with E-state index in [0.29, 0.717) is 0 Å². The van der Waals surface area contributed by atoms with Gasteiger partial charge in [-0.1, -0.05) is 66.8 Å². The molecule has 112 valence electrons. The van der Waals surface area contributed by atoms with Crippen LogP contribution in [0.5, 0.6) is 0 Å². The van der Waals surface area contributed by atoms with E-state index in [1.165, 1.54) is 16.7 Å². The highest BCUT2D eigenvalue weighted by molar-refractivity contribution is 5.70. The molecule has 2 aromatic rings. The molecule has 0 spiro atoms. The molecule has 1 nitrogen and oxygen atoms in total. The van der Waals surface area contributed by atoms with E-state index >= 15 is 0 Å². The molecule has 1 heteroatoms. The van der Waals surface area contributed by atoms with Gasteiger partial charge in [-0.3, -0.25) is 0 Å². The maximum absolute atomic E-state index is 10.5. The molecule has 1 aliphatic rings. The minimum absolute atomic E-state index is 0.436. The van der Waals surface area contributed by atoms with Crippen molar-refractivity contribution in [3.63, 3.8) is 0 Å². The van der Waals surface area contributed by atoms with Gasteiger partial charge in [-0.05, 0) is 54.0 Å². The van der Waals surface area contributed by atoms with Gasteiger partial charge >= 0.3 is 0 Å². The number of hydrogen-bond acceptors (Lipinski definition) is 1. The summed E-state index contributed by atoms with van der Waals surface area (Å²) in [5.41, 5.74) is 5.89. The van der Waals surface area contributed by atoms with Crippen LogP contribution >= 0.6 is 0 Å². The summed E-state index contributed by atoms with van der Waals surface area (Å²) in [7, 11) is 0. The summed E-state index contributed by atoms with van der Waals surface area (Å²) in [5, 5.41) is 10.5. The van der Waals surface area contributed by atoms with E-state index in [-0.39, 0.29) is 0 Å². The Morgan fingerprint density at radius 1 is 0.955 bits per heavy atom. The number of allylic oxidation sites excluding steroid dienone is 1. The SMILES string of the molecule is C/C=C1\CCCc2cc(/C=C/c3ccccc3)ccc2C1O. The number of fused-ring (bicyclic) bond motifs is 1. The van der Waals surface area contributed by atoms with Gasteiger partial charge in [-0.25, -0.2) is 0 Å². The normalized spacial score (nSPS) is 20.1. The van der Waals surface area contributed by atoms with E-state index in [1.54, 1.807) is 0 Å². The zero-order valence-electron chi connectivity index (χ0n) is 13.0. The average Bonchev–Trinajstić information content (AvgIpc) is 2.72. The third-order valence-electron chi connectivity index (χ3n) is 4.36. The molecule has 0 heterocycles. The smallest absolute Gasteiger partial charge is 0.100 e. The first kappa shape index (κ1) is 14.8. The van der Waals surface area contributed by atoms with Crippen molar-refractivity contribution in [3.8, 4) is 0 Å². The first-order chi connectivity index (χ1) is 10.8. The lowest BCUT2D eigenvalue weighted by molar-refractivity contribution is 0.212. The second kappa shape index (κ2) is 6.76. The number of aliphatic hydroxyl groups excluding tert-OH is 1. The van der Waals surface area contributed by atoms with Gasteiger partial charge in [0.15, 0.2) is 0 Å². The van der Waals surface area contributed by atoms with E-state index in [2.05, 4.69) is 48.6 Å². The maximum Gasteiger partial charge on any atom is 0.100 e. The van der Waals surface area contributed by atoms with Gasteiger partial charge in [0.1, 0.15) is 6.10 Å². The van der Waals surface area contributed by atoms with Gasteiger partial charge in [0.05, 0.1) is 0 Å². The Bertz CT molecular complexity index is 695. The summed E-state index contributed by atoms with van der Waals surface area (Å²) in [6.07, 6.45) is 9.03. The van der Waals surface area contributed by atoms with E-state index in [9.17, 15) is 5.11 Å². The van der Waals surface area contributed by atoms with Gasteiger partial charge in [-0.15, -0.1) is 0 Å². The van der Waals surface area contributed by atoms with E-state index in [1.807, 2.05) is 25.1 Å². The molecular formula is C21H22O. The molecule has 1 aliphatic carbocycles. The lowest BCUT2D eigenvalue weighted by atomic mass is 9.96. The molecule has 0 fully saturated rings. The maximum atomic E-state index is 10.5. The van der Waals surface area contributed by atoms with Gasteiger partial charge in [0, 0.05) is 0 Å². The Kier molecular flexibility index (Phi) is 4.55. The molecule has 0 aromatic heterocycles. The van der Waals surface area contributed by atoms with Crippen molar-refractivity contribution in [1.29, 1.82) is 0 Å². The number of benzene rings is 2. The molecule has 0 saturated heterocycles. The number of aliphatic hydroxyl groups is 1. The van der Waals surface area contributed by atoms with Crippen LogP contribution in [-0.2, 0) is 6.42 Å². The van der Waals surface area contributed by atoms with Crippen LogP contribution in [0.3, 0.4) is 0 Å². The largest absolute Gasteiger partial charge is 0.384 e. The van der Waals surface area contributed by atoms with Crippen molar-refractivity contribution >= 4 is 12.2 Å². The molecule has 0 saturated carbocycles. The third-order valence-corrected chi connectivity index (χ3v) is 4.36. The second-order valence-corrected chi connectivity index (χ2v) is 5.82. The predicted octanol–water partition coefficient (Wildman–Crippen LogP) is 5.17. The van der Waals surface area contributed by atoms with Gasteiger partial charge < -0.3 is 5.11 Å². The molecule has 1 N–H and O–H groups in total. The third kappa shape index (κ3) is 3.20. The molecule has 3 rings (SSSR count). The van der Waals surface area contributed by atoms with Crippen molar-refractivity contribution < 1.29 is 5.11 Å². The monoisotopic (exact) mass is 290 g/mol. The van der Waals surface area contributed by atoms with E-state index in [0.717, 1.165) is 30.4 Å². The minimum Gasteiger partial charge on any atom is -0.384 e. The van der Waals surface area contributed by atoms with Crippen molar-refractivity contribution in [1.82, 2.24) is 0 Å². The zero-order valence-corrected chi connectivity index (χ0v) is 13.0. The summed E-state index contributed by atoms with van der Waals surface area (Å²) in [5.74, 6) is 0. The lowest BCUT2D eigenvalue weighted by Gasteiger charge is -2.14. The number of hydrogen-bond donors (Lipinski definition) is 1. The van der Waals surface area contributed by atoms with Crippen LogP contribution in [0.25, 0.3) is 12.2 Å². The Morgan fingerprint density at radius 2 is 1.73 bits per heavy atom. The van der Waals surface area contributed by atoms with E-state index < -0.39 is 6.10 Å². The molecule has 0 bridgehead atoms. The molecule has 22 heavy (non-hydrogen) atoms. The first-order valence-corrected chi connectivity index (χ1v) is 7.97. The molecule has 0 aliphatic heterocycles. The number of rotatable bonds is 2. The fraction of sp³-hybridized carbons (Fsp3) is 0.238. The summed E-state index contributed by atoms with van der Waals surface area (Å²) < 4.78 is 0. The van der Waals surface area contributed by atoms with Crippen LogP contribution < -0.4 is 0 Å². The topological polar surface area (TPSA) is 20.2 Å². The fourth-order valence-electron chi connectivity index (χ4n) is 3.09. The van der Waals surface area contributed by atoms with Crippen molar-refractivity contribution in [2.75, 3.05) is 0 Å². The second-order valence-electron chi connectivity index (χ2n) is 5.82. The van der Waals surface area contributed by atoms with Crippen molar-refractivity contribution in [3.05, 3.63) is 82.4 Å². The summed E-state index contributed by atoms with van der Waals surface area (Å²) in [6.45, 7) is 2.01. The summed E-state index contributed by atoms with van der Waals surface area (Å²) in [6, 6.07) is 16.7. The Morgan fingerprint density at radius 3 is 2.50 bits per heavy atom. The van der Waals surface area contributed by atoms with Crippen LogP contribution in [0, 0.1) is 0 Å². The summed E-state index contributed by atoms with van der Waals surface area (Å²) in [4.78, 5) is 0. The van der Waals surface area contributed by atoms with Gasteiger partial charge in [0.25, 0.3) is 0 Å². The molecule has 1 unspecified atom stereocenters. The van der Waals surface area contributed by atoms with Crippen LogP contribution in [0.15, 0.2) is 60.2 Å². The van der Waals surface area contributed by atoms with Crippen molar-refractivity contribution in [2.45, 2.75) is 32.3 Å². The molecule has 1 atom stereocenters. The fourth-order valence-corrected chi connectivity index (χ4v) is 3.09. The number of aryl methyl sites for hydroxylation is 1. The first-order valence-electron chi connectivity index (χ1n) is 7.97. The highest BCUT2D eigenvalue weighted by Gasteiger charge is 2.19. The standard InChI is InChI=1S/C21H22O/c1-2-18-9-6-10-19-15-17(13-14-20(19)21(18)22)12-11-16-7-4-3-5-8-16/h2-5,7-8,11-15,21-22H,6,9-10H2,1H3/b12-11+,18-2+. The van der Waals surface area contributed by atoms with Crippen LogP contribution in [0.2, 0.25) is 0 Å². The molecule has 2 aromatic carbocycles. The quantitative estimate of drug-likeness (QED) is 0.459. The van der Waals surface area contributed by atoms with Crippen LogP contribution in [-0.4, -0.2) is 5.11 Å². The Balaban J connectivity index is 1.88. The Hall–Kier alpha value is -2.12. The highest BCUT2D eigenvalue weighted by Crippen LogP contribution is 2.33. The molecule has 0 radical (unpaired) electrons. The van der Waals surface area contributed by atoms with Gasteiger partial charge in [0.2, 0.25) is 0 Å². The average molecular weight is 290 g/mol.